The first-order valence-electron chi connectivity index (χ1n) is 5.46. The summed E-state index contributed by atoms with van der Waals surface area (Å²) in [6.45, 7) is 8.57. The molecular weight excluding hydrogens is 190 g/mol. The van der Waals surface area contributed by atoms with E-state index in [2.05, 4.69) is 30.3 Å². The minimum Gasteiger partial charge on any atom is -0.371 e. The number of nitrogens with zero attached hydrogens (tertiary/aromatic N) is 2. The van der Waals surface area contributed by atoms with E-state index in [4.69, 9.17) is 4.74 Å². The second kappa shape index (κ2) is 5.88. The lowest BCUT2D eigenvalue weighted by atomic mass is 10.3. The number of hydrogen-bond acceptors (Lipinski definition) is 3. The van der Waals surface area contributed by atoms with E-state index in [0.29, 0.717) is 6.61 Å². The molecule has 0 fully saturated rings. The smallest absolute Gasteiger partial charge is 0.0889 e. The fourth-order valence-corrected chi connectivity index (χ4v) is 1.56. The lowest BCUT2D eigenvalue weighted by molar-refractivity contribution is 0.0503. The van der Waals surface area contributed by atoms with Gasteiger partial charge in [0, 0.05) is 13.1 Å². The highest BCUT2D eigenvalue weighted by Gasteiger charge is 2.06. The molecule has 15 heavy (non-hydrogen) atoms. The molecule has 1 atom stereocenters. The van der Waals surface area contributed by atoms with Gasteiger partial charge in [-0.25, -0.2) is 0 Å². The van der Waals surface area contributed by atoms with Crippen LogP contribution in [0.2, 0.25) is 0 Å². The summed E-state index contributed by atoms with van der Waals surface area (Å²) in [6.07, 6.45) is 0.232. The molecule has 0 saturated heterocycles. The van der Waals surface area contributed by atoms with Crippen molar-refractivity contribution in [2.45, 2.75) is 40.0 Å². The van der Waals surface area contributed by atoms with Crippen molar-refractivity contribution in [1.82, 2.24) is 15.1 Å². The summed E-state index contributed by atoms with van der Waals surface area (Å²) >= 11 is 0. The van der Waals surface area contributed by atoms with Gasteiger partial charge >= 0.3 is 0 Å². The van der Waals surface area contributed by atoms with Crippen molar-refractivity contribution in [1.29, 1.82) is 0 Å². The highest BCUT2D eigenvalue weighted by Crippen LogP contribution is 2.06. The van der Waals surface area contributed by atoms with Crippen LogP contribution in [0.3, 0.4) is 0 Å². The second-order valence-corrected chi connectivity index (χ2v) is 3.77. The highest BCUT2D eigenvalue weighted by atomic mass is 16.5. The van der Waals surface area contributed by atoms with Gasteiger partial charge in [0.05, 0.1) is 24.1 Å². The lowest BCUT2D eigenvalue weighted by Crippen LogP contribution is -2.23. The van der Waals surface area contributed by atoms with E-state index >= 15 is 0 Å². The van der Waals surface area contributed by atoms with Crippen LogP contribution in [0, 0.1) is 6.92 Å². The molecule has 0 spiro atoms. The van der Waals surface area contributed by atoms with E-state index in [1.165, 1.54) is 0 Å². The van der Waals surface area contributed by atoms with Crippen LogP contribution in [-0.2, 0) is 17.9 Å². The lowest BCUT2D eigenvalue weighted by Gasteiger charge is -2.12. The molecule has 0 aliphatic heterocycles. The van der Waals surface area contributed by atoms with E-state index in [0.717, 1.165) is 24.5 Å². The minimum absolute atomic E-state index is 0.232. The van der Waals surface area contributed by atoms with Crippen molar-refractivity contribution < 1.29 is 4.74 Å². The number of nitrogens with one attached hydrogen (secondary N) is 1. The Morgan fingerprint density at radius 3 is 2.93 bits per heavy atom. The van der Waals surface area contributed by atoms with Crippen molar-refractivity contribution in [2.24, 2.45) is 0 Å². The van der Waals surface area contributed by atoms with E-state index in [1.54, 1.807) is 0 Å². The molecule has 1 heterocycles. The molecule has 4 nitrogen and oxygen atoms in total. The van der Waals surface area contributed by atoms with Crippen LogP contribution in [0.4, 0.5) is 0 Å². The average Bonchev–Trinajstić information content (AvgIpc) is 2.56. The maximum Gasteiger partial charge on any atom is 0.0889 e. The fourth-order valence-electron chi connectivity index (χ4n) is 1.56. The Bertz CT molecular complexity index is 296. The molecule has 1 N–H and O–H groups in total. The Hall–Kier alpha value is -0.870. The molecule has 1 aromatic rings. The summed E-state index contributed by atoms with van der Waals surface area (Å²) in [5, 5.41) is 7.46. The molecule has 0 aliphatic carbocycles. The van der Waals surface area contributed by atoms with Crippen molar-refractivity contribution in [3.05, 3.63) is 17.5 Å². The average molecular weight is 211 g/mol. The van der Waals surface area contributed by atoms with Crippen LogP contribution in [0.5, 0.6) is 0 Å². The van der Waals surface area contributed by atoms with Gasteiger partial charge in [0.25, 0.3) is 0 Å². The molecule has 86 valence electrons. The van der Waals surface area contributed by atoms with Gasteiger partial charge in [-0.05, 0) is 33.9 Å². The molecule has 0 radical (unpaired) electrons. The summed E-state index contributed by atoms with van der Waals surface area (Å²) in [5.41, 5.74) is 2.20. The SMILES string of the molecule is CCn1nc(C)cc1COC(C)CNC. The maximum absolute atomic E-state index is 5.70. The Kier molecular flexibility index (Phi) is 4.78. The Morgan fingerprint density at radius 2 is 2.33 bits per heavy atom. The molecule has 0 bridgehead atoms. The molecule has 0 aliphatic rings. The van der Waals surface area contributed by atoms with Crippen molar-refractivity contribution >= 4 is 0 Å². The maximum atomic E-state index is 5.70. The van der Waals surface area contributed by atoms with Crippen LogP contribution in [0.25, 0.3) is 0 Å². The standard InChI is InChI=1S/C11H21N3O/c1-5-14-11(6-9(2)13-14)8-15-10(3)7-12-4/h6,10,12H,5,7-8H2,1-4H3. The Balaban J connectivity index is 2.49. The third-order valence-corrected chi connectivity index (χ3v) is 2.29. The summed E-state index contributed by atoms with van der Waals surface area (Å²) in [5.74, 6) is 0. The third kappa shape index (κ3) is 3.64. The quantitative estimate of drug-likeness (QED) is 0.771. The van der Waals surface area contributed by atoms with Gasteiger partial charge in [-0.2, -0.15) is 5.10 Å². The Morgan fingerprint density at radius 1 is 1.60 bits per heavy atom. The molecular formula is C11H21N3O. The fraction of sp³-hybridized carbons (Fsp3) is 0.727. The van der Waals surface area contributed by atoms with Crippen molar-refractivity contribution in [3.8, 4) is 0 Å². The van der Waals surface area contributed by atoms with Gasteiger partial charge in [0.1, 0.15) is 0 Å². The van der Waals surface area contributed by atoms with Crippen LogP contribution >= 0.6 is 0 Å². The summed E-state index contributed by atoms with van der Waals surface area (Å²) in [7, 11) is 1.93. The van der Waals surface area contributed by atoms with Gasteiger partial charge in [-0.15, -0.1) is 0 Å². The van der Waals surface area contributed by atoms with Gasteiger partial charge in [0.15, 0.2) is 0 Å². The largest absolute Gasteiger partial charge is 0.371 e. The molecule has 4 heteroatoms. The monoisotopic (exact) mass is 211 g/mol. The first kappa shape index (κ1) is 12.2. The minimum atomic E-state index is 0.232. The van der Waals surface area contributed by atoms with Crippen molar-refractivity contribution in [2.75, 3.05) is 13.6 Å². The molecule has 1 rings (SSSR count). The Labute approximate surface area is 91.6 Å². The zero-order valence-electron chi connectivity index (χ0n) is 10.1. The number of rotatable bonds is 6. The zero-order valence-corrected chi connectivity index (χ0v) is 10.1. The highest BCUT2D eigenvalue weighted by molar-refractivity contribution is 5.07. The van der Waals surface area contributed by atoms with Crippen LogP contribution in [0.15, 0.2) is 6.07 Å². The molecule has 0 amide bonds. The number of aryl methyl sites for hydroxylation is 2. The van der Waals surface area contributed by atoms with E-state index < -0.39 is 0 Å². The van der Waals surface area contributed by atoms with Gasteiger partial charge in [-0.3, -0.25) is 4.68 Å². The number of ether oxygens (including phenoxy) is 1. The first-order chi connectivity index (χ1) is 7.17. The second-order valence-electron chi connectivity index (χ2n) is 3.77. The van der Waals surface area contributed by atoms with E-state index in [1.807, 2.05) is 18.7 Å². The summed E-state index contributed by atoms with van der Waals surface area (Å²) < 4.78 is 7.69. The topological polar surface area (TPSA) is 39.1 Å². The van der Waals surface area contributed by atoms with E-state index in [-0.39, 0.29) is 6.10 Å². The van der Waals surface area contributed by atoms with Gasteiger partial charge in [-0.1, -0.05) is 0 Å². The first-order valence-corrected chi connectivity index (χ1v) is 5.46. The molecule has 1 aromatic heterocycles. The predicted molar refractivity (Wildman–Crippen MR) is 60.8 cm³/mol. The molecule has 1 unspecified atom stereocenters. The number of likely N-dealkylation sites (N-methyl/N-ethyl adjacent to an activating group) is 1. The molecule has 0 saturated carbocycles. The van der Waals surface area contributed by atoms with E-state index in [9.17, 15) is 0 Å². The van der Waals surface area contributed by atoms with Crippen LogP contribution in [0.1, 0.15) is 25.2 Å². The predicted octanol–water partition coefficient (Wildman–Crippen LogP) is 1.34. The van der Waals surface area contributed by atoms with Crippen LogP contribution < -0.4 is 5.32 Å². The molecule has 0 aromatic carbocycles. The van der Waals surface area contributed by atoms with Crippen molar-refractivity contribution in [3.63, 3.8) is 0 Å². The summed E-state index contributed by atoms with van der Waals surface area (Å²) in [6, 6.07) is 2.08. The van der Waals surface area contributed by atoms with Gasteiger partial charge in [0.2, 0.25) is 0 Å². The number of hydrogen-bond donors (Lipinski definition) is 1. The third-order valence-electron chi connectivity index (χ3n) is 2.29. The van der Waals surface area contributed by atoms with Gasteiger partial charge < -0.3 is 10.1 Å². The van der Waals surface area contributed by atoms with Crippen LogP contribution in [-0.4, -0.2) is 29.5 Å². The zero-order chi connectivity index (χ0) is 11.3. The normalized spacial score (nSPS) is 13.1. The number of aromatic nitrogens is 2. The summed E-state index contributed by atoms with van der Waals surface area (Å²) in [4.78, 5) is 0.